The minimum Gasteiger partial charge on any atom is -0.458 e. The maximum atomic E-state index is 12.1. The highest BCUT2D eigenvalue weighted by Gasteiger charge is 2.14. The smallest absolute Gasteiger partial charge is 0.338 e. The van der Waals surface area contributed by atoms with Crippen LogP contribution in [0.3, 0.4) is 0 Å². The summed E-state index contributed by atoms with van der Waals surface area (Å²) in [5, 5.41) is 0. The number of unbranched alkanes of at least 4 members (excludes halogenated alkanes) is 2. The Morgan fingerprint density at radius 2 is 2.05 bits per heavy atom. The molecule has 1 rings (SSSR count). The molecule has 1 atom stereocenters. The summed E-state index contributed by atoms with van der Waals surface area (Å²) in [4.78, 5) is 12.1. The third-order valence-electron chi connectivity index (χ3n) is 3.08. The lowest BCUT2D eigenvalue weighted by Crippen LogP contribution is -2.17. The predicted octanol–water partition coefficient (Wildman–Crippen LogP) is 4.92. The third-order valence-corrected chi connectivity index (χ3v) is 3.08. The Morgan fingerprint density at radius 3 is 2.70 bits per heavy atom. The number of ether oxygens (including phenoxy) is 1. The van der Waals surface area contributed by atoms with Crippen molar-refractivity contribution in [1.29, 1.82) is 0 Å². The van der Waals surface area contributed by atoms with Gasteiger partial charge >= 0.3 is 5.97 Å². The lowest BCUT2D eigenvalue weighted by atomic mass is 10.1. The zero-order valence-corrected chi connectivity index (χ0v) is 12.3. The first-order chi connectivity index (χ1) is 9.77. The first kappa shape index (κ1) is 16.2. The Hall–Kier alpha value is -1.83. The maximum Gasteiger partial charge on any atom is 0.338 e. The molecular formula is C18H24O2. The van der Waals surface area contributed by atoms with Crippen LogP contribution >= 0.6 is 0 Å². The highest BCUT2D eigenvalue weighted by Crippen LogP contribution is 2.14. The fourth-order valence-electron chi connectivity index (χ4n) is 1.97. The van der Waals surface area contributed by atoms with E-state index in [2.05, 4.69) is 13.5 Å². The van der Waals surface area contributed by atoms with Crippen molar-refractivity contribution in [1.82, 2.24) is 0 Å². The van der Waals surface area contributed by atoms with E-state index in [1.165, 1.54) is 12.8 Å². The molecule has 0 N–H and O–H groups in total. The Morgan fingerprint density at radius 1 is 1.30 bits per heavy atom. The van der Waals surface area contributed by atoms with Crippen LogP contribution in [0.15, 0.2) is 55.1 Å². The molecule has 108 valence electrons. The zero-order valence-electron chi connectivity index (χ0n) is 12.3. The van der Waals surface area contributed by atoms with Gasteiger partial charge in [-0.1, -0.05) is 62.8 Å². The van der Waals surface area contributed by atoms with Crippen LogP contribution in [-0.2, 0) is 4.74 Å². The van der Waals surface area contributed by atoms with Gasteiger partial charge in [0.2, 0.25) is 0 Å². The molecule has 20 heavy (non-hydrogen) atoms. The van der Waals surface area contributed by atoms with Crippen molar-refractivity contribution in [3.8, 4) is 0 Å². The third kappa shape index (κ3) is 6.37. The summed E-state index contributed by atoms with van der Waals surface area (Å²) in [6.45, 7) is 5.82. The van der Waals surface area contributed by atoms with Gasteiger partial charge in [0, 0.05) is 6.42 Å². The van der Waals surface area contributed by atoms with Crippen molar-refractivity contribution < 1.29 is 9.53 Å². The van der Waals surface area contributed by atoms with Gasteiger partial charge in [-0.05, 0) is 25.0 Å². The number of rotatable bonds is 9. The maximum absolute atomic E-state index is 12.1. The van der Waals surface area contributed by atoms with Crippen LogP contribution in [0.2, 0.25) is 0 Å². The molecule has 0 aliphatic carbocycles. The fraction of sp³-hybridized carbons (Fsp3) is 0.389. The molecule has 1 unspecified atom stereocenters. The standard InChI is InChI=1S/C18H24O2/c1-3-5-8-14-17(15-9-6-4-2)20-18(19)16-12-10-7-11-13-16/h3,5,7-8,10-13,17H,1,4,6,9,14-15H2,2H3. The summed E-state index contributed by atoms with van der Waals surface area (Å²) in [6.07, 6.45) is 10.7. The van der Waals surface area contributed by atoms with Gasteiger partial charge in [0.1, 0.15) is 6.10 Å². The molecule has 0 bridgehead atoms. The summed E-state index contributed by atoms with van der Waals surface area (Å²) >= 11 is 0. The Bertz CT molecular complexity index is 420. The molecule has 1 aromatic carbocycles. The van der Waals surface area contributed by atoms with Gasteiger partial charge in [-0.15, -0.1) is 0 Å². The van der Waals surface area contributed by atoms with Gasteiger partial charge in [-0.2, -0.15) is 0 Å². The molecule has 2 heteroatoms. The van der Waals surface area contributed by atoms with Crippen LogP contribution < -0.4 is 0 Å². The molecule has 0 aliphatic heterocycles. The summed E-state index contributed by atoms with van der Waals surface area (Å²) in [5.74, 6) is -0.237. The monoisotopic (exact) mass is 272 g/mol. The first-order valence-electron chi connectivity index (χ1n) is 7.31. The second-order valence-electron chi connectivity index (χ2n) is 4.79. The Kier molecular flexibility index (Phi) is 8.13. The molecule has 0 spiro atoms. The zero-order chi connectivity index (χ0) is 14.6. The van der Waals surface area contributed by atoms with Crippen LogP contribution in [0.4, 0.5) is 0 Å². The average molecular weight is 272 g/mol. The van der Waals surface area contributed by atoms with Crippen LogP contribution in [-0.4, -0.2) is 12.1 Å². The van der Waals surface area contributed by atoms with E-state index in [-0.39, 0.29) is 12.1 Å². The fourth-order valence-corrected chi connectivity index (χ4v) is 1.97. The number of carbonyl (C=O) groups excluding carboxylic acids is 1. The normalized spacial score (nSPS) is 12.2. The van der Waals surface area contributed by atoms with E-state index in [9.17, 15) is 4.79 Å². The minimum absolute atomic E-state index is 0.0505. The van der Waals surface area contributed by atoms with Crippen molar-refractivity contribution >= 4 is 5.97 Å². The van der Waals surface area contributed by atoms with Crippen LogP contribution in [0.1, 0.15) is 49.4 Å². The molecule has 0 amide bonds. The second kappa shape index (κ2) is 10.0. The molecule has 0 saturated heterocycles. The van der Waals surface area contributed by atoms with E-state index in [4.69, 9.17) is 4.74 Å². The van der Waals surface area contributed by atoms with E-state index in [0.29, 0.717) is 5.56 Å². The quantitative estimate of drug-likeness (QED) is 0.362. The Labute approximate surface area is 122 Å². The van der Waals surface area contributed by atoms with Gasteiger partial charge in [-0.25, -0.2) is 4.79 Å². The van der Waals surface area contributed by atoms with E-state index in [0.717, 1.165) is 19.3 Å². The lowest BCUT2D eigenvalue weighted by molar-refractivity contribution is 0.0283. The summed E-state index contributed by atoms with van der Waals surface area (Å²) in [6, 6.07) is 9.15. The molecule has 0 heterocycles. The number of allylic oxidation sites excluding steroid dienone is 2. The summed E-state index contributed by atoms with van der Waals surface area (Å²) in [5.41, 5.74) is 0.612. The number of esters is 1. The molecule has 0 fully saturated rings. The van der Waals surface area contributed by atoms with E-state index in [1.807, 2.05) is 30.4 Å². The average Bonchev–Trinajstić information content (AvgIpc) is 2.48. The minimum atomic E-state index is -0.237. The second-order valence-corrected chi connectivity index (χ2v) is 4.79. The lowest BCUT2D eigenvalue weighted by Gasteiger charge is -2.16. The first-order valence-corrected chi connectivity index (χ1v) is 7.31. The van der Waals surface area contributed by atoms with Crippen molar-refractivity contribution in [3.05, 3.63) is 60.7 Å². The van der Waals surface area contributed by atoms with E-state index < -0.39 is 0 Å². The van der Waals surface area contributed by atoms with Gasteiger partial charge in [-0.3, -0.25) is 0 Å². The van der Waals surface area contributed by atoms with Crippen molar-refractivity contribution in [3.63, 3.8) is 0 Å². The van der Waals surface area contributed by atoms with Crippen LogP contribution in [0, 0.1) is 0 Å². The van der Waals surface area contributed by atoms with E-state index in [1.54, 1.807) is 18.2 Å². The van der Waals surface area contributed by atoms with Gasteiger partial charge < -0.3 is 4.74 Å². The number of hydrogen-bond acceptors (Lipinski definition) is 2. The molecular weight excluding hydrogens is 248 g/mol. The van der Waals surface area contributed by atoms with Gasteiger partial charge in [0.25, 0.3) is 0 Å². The SMILES string of the molecule is C=CC=CCC(CCCCC)OC(=O)c1ccccc1. The van der Waals surface area contributed by atoms with Crippen molar-refractivity contribution in [2.24, 2.45) is 0 Å². The molecule has 0 radical (unpaired) electrons. The molecule has 1 aromatic rings. The Balaban J connectivity index is 2.55. The number of carbonyl (C=O) groups is 1. The van der Waals surface area contributed by atoms with Crippen LogP contribution in [0.5, 0.6) is 0 Å². The summed E-state index contributed by atoms with van der Waals surface area (Å²) < 4.78 is 5.61. The molecule has 2 nitrogen and oxygen atoms in total. The van der Waals surface area contributed by atoms with E-state index >= 15 is 0 Å². The number of benzene rings is 1. The molecule has 0 aliphatic rings. The van der Waals surface area contributed by atoms with Crippen molar-refractivity contribution in [2.75, 3.05) is 0 Å². The predicted molar refractivity (Wildman–Crippen MR) is 83.7 cm³/mol. The number of hydrogen-bond donors (Lipinski definition) is 0. The van der Waals surface area contributed by atoms with Crippen molar-refractivity contribution in [2.45, 2.75) is 45.1 Å². The largest absolute Gasteiger partial charge is 0.458 e. The summed E-state index contributed by atoms with van der Waals surface area (Å²) in [7, 11) is 0. The van der Waals surface area contributed by atoms with Crippen LogP contribution in [0.25, 0.3) is 0 Å². The molecule has 0 saturated carbocycles. The highest BCUT2D eigenvalue weighted by molar-refractivity contribution is 5.89. The van der Waals surface area contributed by atoms with Gasteiger partial charge in [0.05, 0.1) is 5.56 Å². The highest BCUT2D eigenvalue weighted by atomic mass is 16.5. The topological polar surface area (TPSA) is 26.3 Å². The van der Waals surface area contributed by atoms with Gasteiger partial charge in [0.15, 0.2) is 0 Å². The molecule has 0 aromatic heterocycles.